The summed E-state index contributed by atoms with van der Waals surface area (Å²) < 4.78 is 17.4. The molecule has 0 spiro atoms. The van der Waals surface area contributed by atoms with E-state index >= 15 is 0 Å². The zero-order chi connectivity index (χ0) is 21.8. The average Bonchev–Trinajstić information content (AvgIpc) is 3.39. The van der Waals surface area contributed by atoms with Crippen molar-refractivity contribution in [2.24, 2.45) is 47.3 Å². The molecule has 6 heteroatoms. The van der Waals surface area contributed by atoms with Crippen molar-refractivity contribution in [3.8, 4) is 0 Å². The topological polar surface area (TPSA) is 82.1 Å². The van der Waals surface area contributed by atoms with Gasteiger partial charge < -0.3 is 19.3 Å². The number of esters is 2. The second kappa shape index (κ2) is 8.09. The van der Waals surface area contributed by atoms with E-state index in [0.717, 1.165) is 19.3 Å². The van der Waals surface area contributed by atoms with Gasteiger partial charge in [-0.1, -0.05) is 13.8 Å². The Morgan fingerprint density at radius 1 is 1.00 bits per heavy atom. The van der Waals surface area contributed by atoms with Crippen LogP contribution in [0.25, 0.3) is 0 Å². The van der Waals surface area contributed by atoms with Gasteiger partial charge >= 0.3 is 11.9 Å². The fourth-order valence-electron chi connectivity index (χ4n) is 7.16. The van der Waals surface area contributed by atoms with Gasteiger partial charge in [-0.3, -0.25) is 9.59 Å². The van der Waals surface area contributed by atoms with E-state index in [2.05, 4.69) is 13.8 Å². The predicted molar refractivity (Wildman–Crippen MR) is 110 cm³/mol. The number of hydrogen-bond acceptors (Lipinski definition) is 6. The summed E-state index contributed by atoms with van der Waals surface area (Å²) >= 11 is 0. The highest BCUT2D eigenvalue weighted by atomic mass is 16.6. The van der Waals surface area contributed by atoms with Crippen LogP contribution in [0.3, 0.4) is 0 Å². The minimum Gasteiger partial charge on any atom is -0.465 e. The third-order valence-corrected chi connectivity index (χ3v) is 8.27. The maximum absolute atomic E-state index is 12.8. The van der Waals surface area contributed by atoms with Crippen molar-refractivity contribution in [2.75, 3.05) is 13.2 Å². The number of rotatable bonds is 6. The number of hydrogen-bond donors (Lipinski definition) is 1. The summed E-state index contributed by atoms with van der Waals surface area (Å²) in [4.78, 5) is 25.4. The molecular weight excluding hydrogens is 384 g/mol. The first-order valence-corrected chi connectivity index (χ1v) is 11.8. The van der Waals surface area contributed by atoms with Crippen LogP contribution in [0.2, 0.25) is 0 Å². The molecule has 4 fully saturated rings. The van der Waals surface area contributed by atoms with Gasteiger partial charge in [-0.15, -0.1) is 0 Å². The molecule has 4 rings (SSSR count). The standard InChI is InChI=1S/C24H38O6/c1-12-15-9-14(10-16(15)23(27)30-24(3,4)5)19(12)20-13(2)18-11-17(21(20)29-18)22(26)28-8-6-7-25/h12-21,25H,6-11H2,1-5H3. The van der Waals surface area contributed by atoms with E-state index in [0.29, 0.717) is 41.9 Å². The summed E-state index contributed by atoms with van der Waals surface area (Å²) in [6.07, 6.45) is 3.27. The van der Waals surface area contributed by atoms with Crippen molar-refractivity contribution in [3.63, 3.8) is 0 Å². The highest BCUT2D eigenvalue weighted by Gasteiger charge is 2.63. The van der Waals surface area contributed by atoms with E-state index < -0.39 is 5.60 Å². The molecule has 2 aliphatic heterocycles. The monoisotopic (exact) mass is 422 g/mol. The van der Waals surface area contributed by atoms with E-state index in [9.17, 15) is 9.59 Å². The molecule has 10 atom stereocenters. The van der Waals surface area contributed by atoms with Crippen molar-refractivity contribution in [2.45, 2.75) is 78.1 Å². The molecule has 10 unspecified atom stereocenters. The SMILES string of the molecule is CC1C2CC(CC2C(=O)OC(C)(C)C)C1C1C(C)C2CC(C(=O)OCCCO)C1O2. The molecule has 30 heavy (non-hydrogen) atoms. The Morgan fingerprint density at radius 3 is 2.33 bits per heavy atom. The highest BCUT2D eigenvalue weighted by Crippen LogP contribution is 2.63. The molecule has 0 amide bonds. The van der Waals surface area contributed by atoms with Gasteiger partial charge in [0.25, 0.3) is 0 Å². The Labute approximate surface area is 180 Å². The second-order valence-electron chi connectivity index (χ2n) is 11.1. The molecule has 0 radical (unpaired) electrons. The first-order chi connectivity index (χ1) is 14.1. The highest BCUT2D eigenvalue weighted by molar-refractivity contribution is 5.74. The summed E-state index contributed by atoms with van der Waals surface area (Å²) in [5.41, 5.74) is -0.446. The molecular formula is C24H38O6. The van der Waals surface area contributed by atoms with Crippen LogP contribution in [0.4, 0.5) is 0 Å². The first-order valence-electron chi connectivity index (χ1n) is 11.8. The van der Waals surface area contributed by atoms with E-state index in [1.165, 1.54) is 0 Å². The Morgan fingerprint density at radius 2 is 1.73 bits per heavy atom. The predicted octanol–water partition coefficient (Wildman–Crippen LogP) is 3.20. The van der Waals surface area contributed by atoms with E-state index in [-0.39, 0.29) is 49.2 Å². The molecule has 2 saturated heterocycles. The molecule has 0 aromatic heterocycles. The minimum atomic E-state index is -0.446. The molecule has 2 saturated carbocycles. The molecule has 4 aliphatic rings. The van der Waals surface area contributed by atoms with Gasteiger partial charge in [0.2, 0.25) is 0 Å². The molecule has 1 N–H and O–H groups in total. The first kappa shape index (κ1) is 22.1. The van der Waals surface area contributed by atoms with Crippen LogP contribution in [0.15, 0.2) is 0 Å². The fraction of sp³-hybridized carbons (Fsp3) is 0.917. The van der Waals surface area contributed by atoms with Crippen LogP contribution >= 0.6 is 0 Å². The van der Waals surface area contributed by atoms with Gasteiger partial charge in [-0.25, -0.2) is 0 Å². The smallest absolute Gasteiger partial charge is 0.311 e. The number of carbonyl (C=O) groups excluding carboxylic acids is 2. The van der Waals surface area contributed by atoms with Crippen molar-refractivity contribution in [1.82, 2.24) is 0 Å². The third kappa shape index (κ3) is 3.79. The summed E-state index contributed by atoms with van der Waals surface area (Å²) in [5, 5.41) is 8.93. The maximum atomic E-state index is 12.8. The minimum absolute atomic E-state index is 0.00883. The number of ether oxygens (including phenoxy) is 3. The quantitative estimate of drug-likeness (QED) is 0.523. The average molecular weight is 423 g/mol. The number of aliphatic hydroxyl groups is 1. The Hall–Kier alpha value is -1.14. The van der Waals surface area contributed by atoms with Crippen molar-refractivity contribution in [3.05, 3.63) is 0 Å². The normalized spacial score (nSPS) is 44.5. The Balaban J connectivity index is 1.44. The van der Waals surface area contributed by atoms with Gasteiger partial charge in [0, 0.05) is 13.0 Å². The maximum Gasteiger partial charge on any atom is 0.311 e. The van der Waals surface area contributed by atoms with Crippen LogP contribution in [0.5, 0.6) is 0 Å². The van der Waals surface area contributed by atoms with Crippen LogP contribution in [0.1, 0.15) is 60.3 Å². The van der Waals surface area contributed by atoms with Crippen molar-refractivity contribution >= 4 is 11.9 Å². The zero-order valence-corrected chi connectivity index (χ0v) is 19.0. The number of aliphatic hydroxyl groups excluding tert-OH is 1. The molecule has 6 nitrogen and oxygen atoms in total. The Bertz CT molecular complexity index is 667. The Kier molecular flexibility index (Phi) is 5.95. The van der Waals surface area contributed by atoms with Gasteiger partial charge in [-0.2, -0.15) is 0 Å². The van der Waals surface area contributed by atoms with Crippen LogP contribution in [-0.2, 0) is 23.8 Å². The summed E-state index contributed by atoms with van der Waals surface area (Å²) in [6.45, 7) is 10.6. The molecule has 4 bridgehead atoms. The van der Waals surface area contributed by atoms with E-state index in [1.54, 1.807) is 0 Å². The largest absolute Gasteiger partial charge is 0.465 e. The van der Waals surface area contributed by atoms with Gasteiger partial charge in [0.05, 0.1) is 30.7 Å². The molecule has 0 aromatic carbocycles. The molecule has 2 aliphatic carbocycles. The van der Waals surface area contributed by atoms with Crippen molar-refractivity contribution < 1.29 is 28.9 Å². The summed E-state index contributed by atoms with van der Waals surface area (Å²) in [7, 11) is 0. The van der Waals surface area contributed by atoms with E-state index in [4.69, 9.17) is 19.3 Å². The molecule has 2 heterocycles. The van der Waals surface area contributed by atoms with Crippen molar-refractivity contribution in [1.29, 1.82) is 0 Å². The fourth-order valence-corrected chi connectivity index (χ4v) is 7.16. The van der Waals surface area contributed by atoms with Crippen LogP contribution in [0, 0.1) is 47.3 Å². The van der Waals surface area contributed by atoms with Gasteiger partial charge in [0.1, 0.15) is 5.60 Å². The molecule has 0 aromatic rings. The lowest BCUT2D eigenvalue weighted by atomic mass is 9.61. The van der Waals surface area contributed by atoms with Gasteiger partial charge in [-0.05, 0) is 75.5 Å². The lowest BCUT2D eigenvalue weighted by Crippen LogP contribution is -2.45. The molecule has 170 valence electrons. The number of carbonyl (C=O) groups is 2. The third-order valence-electron chi connectivity index (χ3n) is 8.27. The lowest BCUT2D eigenvalue weighted by Gasteiger charge is -2.42. The summed E-state index contributed by atoms with van der Waals surface area (Å²) in [5.74, 6) is 2.19. The lowest BCUT2D eigenvalue weighted by molar-refractivity contribution is -0.163. The second-order valence-corrected chi connectivity index (χ2v) is 11.1. The zero-order valence-electron chi connectivity index (χ0n) is 19.0. The number of fused-ring (bicyclic) bond motifs is 4. The van der Waals surface area contributed by atoms with Crippen LogP contribution in [-0.4, -0.2) is 48.1 Å². The van der Waals surface area contributed by atoms with E-state index in [1.807, 2.05) is 20.8 Å². The van der Waals surface area contributed by atoms with Gasteiger partial charge in [0.15, 0.2) is 0 Å². The summed E-state index contributed by atoms with van der Waals surface area (Å²) in [6, 6.07) is 0. The van der Waals surface area contributed by atoms with Crippen LogP contribution < -0.4 is 0 Å².